The molecule has 0 amide bonds. The molecule has 0 aliphatic heterocycles. The molecular formula is C24H49O4P2+. The van der Waals surface area contributed by atoms with E-state index in [4.69, 9.17) is 4.89 Å². The molecule has 0 spiro atoms. The summed E-state index contributed by atoms with van der Waals surface area (Å²) in [5.41, 5.74) is 3.59. The lowest BCUT2D eigenvalue weighted by Gasteiger charge is -2.48. The molecular weight excluding hydrogens is 414 g/mol. The standard InChI is InChI=1S/C20H38P.C4H11O4P/c1-2-21(18-12-6-3-7-13-18,19-14-8-4-9-15-19)20-16-10-5-11-17-20;1-3-7-9(5,6)8-4-2/h18-20H,2-17H2,1H3;3-4H2,1-2H3,(H,5,6)/q+1;. The molecule has 0 aromatic heterocycles. The minimum absolute atomic E-state index is 0.188. The van der Waals surface area contributed by atoms with Crippen LogP contribution in [0, 0.1) is 0 Å². The van der Waals surface area contributed by atoms with Crippen LogP contribution in [0.25, 0.3) is 0 Å². The van der Waals surface area contributed by atoms with Gasteiger partial charge in [0.25, 0.3) is 0 Å². The lowest BCUT2D eigenvalue weighted by atomic mass is 9.99. The molecule has 6 heteroatoms. The van der Waals surface area contributed by atoms with Gasteiger partial charge in [-0.2, -0.15) is 0 Å². The molecule has 3 aliphatic rings. The van der Waals surface area contributed by atoms with E-state index in [9.17, 15) is 4.57 Å². The van der Waals surface area contributed by atoms with E-state index in [1.807, 2.05) is 0 Å². The van der Waals surface area contributed by atoms with E-state index in [0.29, 0.717) is 0 Å². The maximum Gasteiger partial charge on any atom is 0.472 e. The fourth-order valence-corrected chi connectivity index (χ4v) is 14.8. The summed E-state index contributed by atoms with van der Waals surface area (Å²) in [7, 11) is -4.40. The Morgan fingerprint density at radius 1 is 0.667 bits per heavy atom. The Morgan fingerprint density at radius 3 is 1.20 bits per heavy atom. The van der Waals surface area contributed by atoms with E-state index in [1.165, 1.54) is 36.2 Å². The smallest absolute Gasteiger partial charge is 0.302 e. The fraction of sp³-hybridized carbons (Fsp3) is 1.00. The molecule has 3 rings (SSSR count). The Balaban J connectivity index is 0.000000303. The van der Waals surface area contributed by atoms with E-state index in [2.05, 4.69) is 16.0 Å². The Hall–Kier alpha value is 0.540. The van der Waals surface area contributed by atoms with Gasteiger partial charge in [-0.3, -0.25) is 9.05 Å². The maximum absolute atomic E-state index is 10.5. The maximum atomic E-state index is 10.5. The third-order valence-electron chi connectivity index (χ3n) is 7.90. The molecule has 0 heterocycles. The Morgan fingerprint density at radius 2 is 0.967 bits per heavy atom. The largest absolute Gasteiger partial charge is 0.472 e. The van der Waals surface area contributed by atoms with E-state index in [1.54, 1.807) is 97.1 Å². The van der Waals surface area contributed by atoms with E-state index >= 15 is 0 Å². The second-order valence-electron chi connectivity index (χ2n) is 9.49. The van der Waals surface area contributed by atoms with Crippen LogP contribution in [0.1, 0.15) is 117 Å². The lowest BCUT2D eigenvalue weighted by molar-refractivity contribution is 0.161. The Bertz CT molecular complexity index is 440. The van der Waals surface area contributed by atoms with Gasteiger partial charge in [-0.25, -0.2) is 4.57 Å². The van der Waals surface area contributed by atoms with Crippen molar-refractivity contribution in [2.24, 2.45) is 0 Å². The SMILES string of the molecule is CCOP(=O)(O)OCC.CC[P+](C1CCCCC1)(C1CCCCC1)C1CCCCC1. The van der Waals surface area contributed by atoms with Crippen LogP contribution in [0.3, 0.4) is 0 Å². The molecule has 0 saturated heterocycles. The normalized spacial score (nSPS) is 23.1. The van der Waals surface area contributed by atoms with Crippen LogP contribution >= 0.6 is 15.1 Å². The van der Waals surface area contributed by atoms with Gasteiger partial charge < -0.3 is 4.89 Å². The minimum Gasteiger partial charge on any atom is -0.302 e. The third-order valence-corrected chi connectivity index (χ3v) is 15.8. The van der Waals surface area contributed by atoms with Crippen LogP contribution in [0.4, 0.5) is 0 Å². The van der Waals surface area contributed by atoms with E-state index in [-0.39, 0.29) is 13.2 Å². The first-order valence-electron chi connectivity index (χ1n) is 13.0. The Labute approximate surface area is 187 Å². The molecule has 0 aromatic rings. The second-order valence-corrected chi connectivity index (χ2v) is 15.8. The van der Waals surface area contributed by atoms with Crippen molar-refractivity contribution in [3.05, 3.63) is 0 Å². The molecule has 1 N–H and O–H groups in total. The molecule has 0 unspecified atom stereocenters. The fourth-order valence-electron chi connectivity index (χ4n) is 6.72. The first-order chi connectivity index (χ1) is 14.5. The van der Waals surface area contributed by atoms with Crippen molar-refractivity contribution in [2.75, 3.05) is 19.4 Å². The average Bonchev–Trinajstić information content (AvgIpc) is 2.77. The molecule has 4 nitrogen and oxygen atoms in total. The van der Waals surface area contributed by atoms with Crippen molar-refractivity contribution < 1.29 is 18.5 Å². The van der Waals surface area contributed by atoms with Gasteiger partial charge in [0.2, 0.25) is 0 Å². The zero-order valence-corrected chi connectivity index (χ0v) is 21.8. The highest BCUT2D eigenvalue weighted by atomic mass is 31.2. The number of phosphoric ester groups is 1. The van der Waals surface area contributed by atoms with Crippen LogP contribution in [0.5, 0.6) is 0 Å². The van der Waals surface area contributed by atoms with Gasteiger partial charge in [0.1, 0.15) is 0 Å². The zero-order chi connectivity index (χ0) is 21.9. The van der Waals surface area contributed by atoms with Gasteiger partial charge in [0, 0.05) is 7.26 Å². The van der Waals surface area contributed by atoms with Gasteiger partial charge in [0.05, 0.1) is 36.4 Å². The lowest BCUT2D eigenvalue weighted by Crippen LogP contribution is -2.37. The summed E-state index contributed by atoms with van der Waals surface area (Å²) in [6, 6.07) is 0. The van der Waals surface area contributed by atoms with E-state index in [0.717, 1.165) is 0 Å². The highest BCUT2D eigenvalue weighted by Gasteiger charge is 2.55. The van der Waals surface area contributed by atoms with Crippen LogP contribution in [0.15, 0.2) is 0 Å². The number of rotatable bonds is 8. The van der Waals surface area contributed by atoms with Gasteiger partial charge in [-0.1, -0.05) is 19.3 Å². The highest BCUT2D eigenvalue weighted by molar-refractivity contribution is 7.77. The quantitative estimate of drug-likeness (QED) is 0.369. The molecule has 30 heavy (non-hydrogen) atoms. The van der Waals surface area contributed by atoms with Crippen molar-refractivity contribution in [3.8, 4) is 0 Å². The molecule has 178 valence electrons. The monoisotopic (exact) mass is 463 g/mol. The molecule has 0 bridgehead atoms. The third kappa shape index (κ3) is 7.55. The van der Waals surface area contributed by atoms with Crippen LogP contribution in [-0.4, -0.2) is 41.2 Å². The minimum atomic E-state index is -3.69. The van der Waals surface area contributed by atoms with Crippen molar-refractivity contribution in [2.45, 2.75) is 134 Å². The van der Waals surface area contributed by atoms with E-state index < -0.39 is 15.1 Å². The summed E-state index contributed by atoms with van der Waals surface area (Å²) >= 11 is 0. The molecule has 3 fully saturated rings. The summed E-state index contributed by atoms with van der Waals surface area (Å²) < 4.78 is 19.2. The highest BCUT2D eigenvalue weighted by Crippen LogP contribution is 2.76. The van der Waals surface area contributed by atoms with Gasteiger partial charge in [-0.05, 0) is 97.8 Å². The predicted molar refractivity (Wildman–Crippen MR) is 131 cm³/mol. The summed E-state index contributed by atoms with van der Waals surface area (Å²) in [6.45, 7) is 6.25. The summed E-state index contributed by atoms with van der Waals surface area (Å²) in [6.07, 6.45) is 25.3. The molecule has 0 aromatic carbocycles. The predicted octanol–water partition coefficient (Wildman–Crippen LogP) is 8.18. The van der Waals surface area contributed by atoms with Gasteiger partial charge in [0.15, 0.2) is 0 Å². The molecule has 3 saturated carbocycles. The molecule has 0 radical (unpaired) electrons. The van der Waals surface area contributed by atoms with Crippen LogP contribution < -0.4 is 0 Å². The second kappa shape index (κ2) is 13.9. The first kappa shape index (κ1) is 26.8. The number of hydrogen-bond acceptors (Lipinski definition) is 3. The first-order valence-corrected chi connectivity index (χ1v) is 16.7. The summed E-state index contributed by atoms with van der Waals surface area (Å²) in [4.78, 5) is 8.63. The summed E-state index contributed by atoms with van der Waals surface area (Å²) in [5.74, 6) is 0. The van der Waals surface area contributed by atoms with Crippen LogP contribution in [0.2, 0.25) is 0 Å². The van der Waals surface area contributed by atoms with Crippen LogP contribution in [-0.2, 0) is 13.6 Å². The van der Waals surface area contributed by atoms with Gasteiger partial charge >= 0.3 is 7.82 Å². The topological polar surface area (TPSA) is 55.8 Å². The van der Waals surface area contributed by atoms with Crippen molar-refractivity contribution in [1.29, 1.82) is 0 Å². The summed E-state index contributed by atoms with van der Waals surface area (Å²) in [5, 5.41) is 0. The van der Waals surface area contributed by atoms with Crippen molar-refractivity contribution in [1.82, 2.24) is 0 Å². The average molecular weight is 464 g/mol. The Kier molecular flexibility index (Phi) is 12.5. The van der Waals surface area contributed by atoms with Crippen molar-refractivity contribution >= 4 is 15.1 Å². The molecule has 3 aliphatic carbocycles. The van der Waals surface area contributed by atoms with Crippen molar-refractivity contribution in [3.63, 3.8) is 0 Å². The number of hydrogen-bond donors (Lipinski definition) is 1. The van der Waals surface area contributed by atoms with Gasteiger partial charge in [-0.15, -0.1) is 0 Å². The number of phosphoric acid groups is 1. The molecule has 0 atom stereocenters. The zero-order valence-electron chi connectivity index (χ0n) is 20.0.